The zero-order valence-electron chi connectivity index (χ0n) is 17.7. The van der Waals surface area contributed by atoms with Crippen molar-refractivity contribution in [3.8, 4) is 6.07 Å². The molecule has 172 valence electrons. The Kier molecular flexibility index (Phi) is 6.47. The van der Waals surface area contributed by atoms with Crippen LogP contribution in [0.25, 0.3) is 0 Å². The number of likely N-dealkylation sites (tertiary alicyclic amines) is 1. The molecule has 2 amide bonds. The summed E-state index contributed by atoms with van der Waals surface area (Å²) in [5.41, 5.74) is 3.04. The van der Waals surface area contributed by atoms with Crippen LogP contribution in [0, 0.1) is 11.3 Å². The molecule has 4 rings (SSSR count). The van der Waals surface area contributed by atoms with E-state index in [2.05, 4.69) is 15.6 Å². The van der Waals surface area contributed by atoms with Gasteiger partial charge in [-0.05, 0) is 48.6 Å². The molecule has 2 N–H and O–H groups in total. The van der Waals surface area contributed by atoms with Crippen LogP contribution >= 0.6 is 11.6 Å². The third-order valence-corrected chi connectivity index (χ3v) is 6.19. The first-order valence-corrected chi connectivity index (χ1v) is 11.0. The highest BCUT2D eigenvalue weighted by molar-refractivity contribution is 6.30. The van der Waals surface area contributed by atoms with Crippen molar-refractivity contribution in [2.24, 2.45) is 0 Å². The van der Waals surface area contributed by atoms with E-state index in [-0.39, 0.29) is 11.6 Å². The standard InChI is InChI=1S/C23H22ClF2N5O2/c24-15-4-5-17-14(8-15)2-1-3-19(17)30-20-11-28-7-6-18(20)22(33)29-12-21(32)31-13-23(25,26)9-16(31)10-27/h4-8,11,16,19,30H,1-3,9,12-13H2,(H,29,33). The fourth-order valence-electron chi connectivity index (χ4n) is 4.38. The van der Waals surface area contributed by atoms with Gasteiger partial charge in [-0.15, -0.1) is 0 Å². The average Bonchev–Trinajstić information content (AvgIpc) is 3.12. The maximum Gasteiger partial charge on any atom is 0.268 e. The van der Waals surface area contributed by atoms with Crippen molar-refractivity contribution in [1.82, 2.24) is 15.2 Å². The number of pyridine rings is 1. The number of rotatable bonds is 5. The van der Waals surface area contributed by atoms with Crippen LogP contribution in [0.2, 0.25) is 5.02 Å². The number of nitrogens with zero attached hydrogens (tertiary/aromatic N) is 3. The normalized spacial score (nSPS) is 21.1. The molecule has 1 aromatic carbocycles. The van der Waals surface area contributed by atoms with Crippen LogP contribution in [0.5, 0.6) is 0 Å². The molecular formula is C23H22ClF2N5O2. The zero-order chi connectivity index (χ0) is 23.6. The highest BCUT2D eigenvalue weighted by atomic mass is 35.5. The number of nitriles is 1. The lowest BCUT2D eigenvalue weighted by Gasteiger charge is -2.28. The lowest BCUT2D eigenvalue weighted by molar-refractivity contribution is -0.131. The molecule has 7 nitrogen and oxygen atoms in total. The largest absolute Gasteiger partial charge is 0.376 e. The van der Waals surface area contributed by atoms with Gasteiger partial charge in [-0.1, -0.05) is 17.7 Å². The number of fused-ring (bicyclic) bond motifs is 1. The summed E-state index contributed by atoms with van der Waals surface area (Å²) in [6.45, 7) is -1.31. The number of halogens is 3. The lowest BCUT2D eigenvalue weighted by Crippen LogP contribution is -2.43. The predicted octanol–water partition coefficient (Wildman–Crippen LogP) is 3.71. The Balaban J connectivity index is 1.44. The summed E-state index contributed by atoms with van der Waals surface area (Å²) in [5.74, 6) is -4.38. The summed E-state index contributed by atoms with van der Waals surface area (Å²) in [4.78, 5) is 30.1. The minimum absolute atomic E-state index is 0.0355. The van der Waals surface area contributed by atoms with Gasteiger partial charge in [0.25, 0.3) is 11.8 Å². The first-order valence-electron chi connectivity index (χ1n) is 10.6. The Morgan fingerprint density at radius 2 is 2.15 bits per heavy atom. The van der Waals surface area contributed by atoms with E-state index in [1.807, 2.05) is 18.2 Å². The van der Waals surface area contributed by atoms with E-state index in [1.165, 1.54) is 18.5 Å². The molecule has 2 unspecified atom stereocenters. The van der Waals surface area contributed by atoms with E-state index in [0.717, 1.165) is 35.3 Å². The number of hydrogen-bond donors (Lipinski definition) is 2. The van der Waals surface area contributed by atoms with Crippen molar-refractivity contribution in [1.29, 1.82) is 5.26 Å². The van der Waals surface area contributed by atoms with Crippen molar-refractivity contribution >= 4 is 29.1 Å². The van der Waals surface area contributed by atoms with E-state index >= 15 is 0 Å². The Bertz CT molecular complexity index is 1120. The lowest BCUT2D eigenvalue weighted by atomic mass is 9.87. The van der Waals surface area contributed by atoms with Crippen LogP contribution in [-0.2, 0) is 11.2 Å². The smallest absolute Gasteiger partial charge is 0.268 e. The highest BCUT2D eigenvalue weighted by Crippen LogP contribution is 2.35. The molecule has 33 heavy (non-hydrogen) atoms. The van der Waals surface area contributed by atoms with Crippen LogP contribution in [-0.4, -0.2) is 46.8 Å². The molecule has 1 aliphatic heterocycles. The minimum Gasteiger partial charge on any atom is -0.376 e. The summed E-state index contributed by atoms with van der Waals surface area (Å²) in [5, 5.41) is 15.6. The average molecular weight is 474 g/mol. The second-order valence-electron chi connectivity index (χ2n) is 8.26. The van der Waals surface area contributed by atoms with E-state index in [4.69, 9.17) is 16.9 Å². The Morgan fingerprint density at radius 1 is 1.33 bits per heavy atom. The van der Waals surface area contributed by atoms with Gasteiger partial charge in [0.15, 0.2) is 0 Å². The molecular weight excluding hydrogens is 452 g/mol. The number of hydrogen-bond acceptors (Lipinski definition) is 5. The second kappa shape index (κ2) is 9.32. The Morgan fingerprint density at radius 3 is 2.94 bits per heavy atom. The van der Waals surface area contributed by atoms with Crippen LogP contribution in [0.4, 0.5) is 14.5 Å². The maximum atomic E-state index is 13.6. The van der Waals surface area contributed by atoms with Gasteiger partial charge in [0.1, 0.15) is 6.04 Å². The van der Waals surface area contributed by atoms with Crippen molar-refractivity contribution in [3.63, 3.8) is 0 Å². The van der Waals surface area contributed by atoms with Crippen molar-refractivity contribution < 1.29 is 18.4 Å². The number of aromatic nitrogens is 1. The van der Waals surface area contributed by atoms with E-state index < -0.39 is 43.3 Å². The van der Waals surface area contributed by atoms with Gasteiger partial charge in [-0.3, -0.25) is 14.6 Å². The predicted molar refractivity (Wildman–Crippen MR) is 118 cm³/mol. The molecule has 10 heteroatoms. The first kappa shape index (κ1) is 22.9. The molecule has 2 heterocycles. The number of carbonyl (C=O) groups is 2. The quantitative estimate of drug-likeness (QED) is 0.689. The Hall–Kier alpha value is -3.25. The van der Waals surface area contributed by atoms with Gasteiger partial charge in [0.2, 0.25) is 5.91 Å². The van der Waals surface area contributed by atoms with Gasteiger partial charge in [0.05, 0.1) is 42.6 Å². The van der Waals surface area contributed by atoms with E-state index in [9.17, 15) is 18.4 Å². The van der Waals surface area contributed by atoms with Crippen molar-refractivity contribution in [3.05, 3.63) is 58.4 Å². The third-order valence-electron chi connectivity index (χ3n) is 5.95. The number of benzene rings is 1. The van der Waals surface area contributed by atoms with Gasteiger partial charge >= 0.3 is 0 Å². The number of anilines is 1. The van der Waals surface area contributed by atoms with E-state index in [0.29, 0.717) is 10.7 Å². The van der Waals surface area contributed by atoms with Crippen LogP contribution in [0.3, 0.4) is 0 Å². The molecule has 1 aromatic heterocycles. The van der Waals surface area contributed by atoms with Crippen LogP contribution in [0.1, 0.15) is 46.8 Å². The molecule has 2 aliphatic rings. The van der Waals surface area contributed by atoms with Crippen molar-refractivity contribution in [2.45, 2.75) is 43.7 Å². The molecule has 2 aromatic rings. The molecule has 1 saturated heterocycles. The number of carbonyl (C=O) groups excluding carboxylic acids is 2. The molecule has 1 aliphatic carbocycles. The molecule has 0 bridgehead atoms. The van der Waals surface area contributed by atoms with Gasteiger partial charge in [0, 0.05) is 17.6 Å². The third kappa shape index (κ3) is 5.06. The summed E-state index contributed by atoms with van der Waals surface area (Å²) >= 11 is 6.12. The maximum absolute atomic E-state index is 13.6. The monoisotopic (exact) mass is 473 g/mol. The number of aryl methyl sites for hydroxylation is 1. The van der Waals surface area contributed by atoms with Crippen molar-refractivity contribution in [2.75, 3.05) is 18.4 Å². The molecule has 0 radical (unpaired) electrons. The summed E-state index contributed by atoms with van der Waals surface area (Å²) in [7, 11) is 0. The second-order valence-corrected chi connectivity index (χ2v) is 8.70. The zero-order valence-corrected chi connectivity index (χ0v) is 18.4. The molecule has 2 atom stereocenters. The number of alkyl halides is 2. The molecule has 0 saturated carbocycles. The summed E-state index contributed by atoms with van der Waals surface area (Å²) in [6.07, 6.45) is 5.05. The molecule has 0 spiro atoms. The highest BCUT2D eigenvalue weighted by Gasteiger charge is 2.47. The first-order chi connectivity index (χ1) is 15.8. The number of nitrogens with one attached hydrogen (secondary N) is 2. The fraction of sp³-hybridized carbons (Fsp3) is 0.391. The molecule has 1 fully saturated rings. The van der Waals surface area contributed by atoms with Crippen LogP contribution in [0.15, 0.2) is 36.7 Å². The topological polar surface area (TPSA) is 98.1 Å². The Labute approximate surface area is 194 Å². The van der Waals surface area contributed by atoms with E-state index in [1.54, 1.807) is 6.07 Å². The van der Waals surface area contributed by atoms with Gasteiger partial charge < -0.3 is 15.5 Å². The van der Waals surface area contributed by atoms with Gasteiger partial charge in [-0.2, -0.15) is 5.26 Å². The van der Waals surface area contributed by atoms with Gasteiger partial charge in [-0.25, -0.2) is 8.78 Å². The van der Waals surface area contributed by atoms with Crippen LogP contribution < -0.4 is 10.6 Å². The SMILES string of the molecule is N#CC1CC(F)(F)CN1C(=O)CNC(=O)c1ccncc1NC1CCCc2cc(Cl)ccc21. The minimum atomic E-state index is -3.11. The summed E-state index contributed by atoms with van der Waals surface area (Å²) in [6, 6.07) is 7.76. The number of amides is 2. The summed E-state index contributed by atoms with van der Waals surface area (Å²) < 4.78 is 27.2. The fourth-order valence-corrected chi connectivity index (χ4v) is 4.57.